The summed E-state index contributed by atoms with van der Waals surface area (Å²) < 4.78 is 10.3. The molecule has 26 heavy (non-hydrogen) atoms. The van der Waals surface area contributed by atoms with Gasteiger partial charge in [0.2, 0.25) is 5.91 Å². The second kappa shape index (κ2) is 9.41. The van der Waals surface area contributed by atoms with E-state index in [1.165, 1.54) is 0 Å². The zero-order valence-electron chi connectivity index (χ0n) is 14.8. The molecule has 0 aliphatic carbocycles. The summed E-state index contributed by atoms with van der Waals surface area (Å²) in [5, 5.41) is 2.08. The van der Waals surface area contributed by atoms with Crippen LogP contribution in [0.4, 0.5) is 0 Å². The monoisotopic (exact) mass is 358 g/mol. The second-order valence-corrected chi connectivity index (χ2v) is 5.61. The lowest BCUT2D eigenvalue weighted by Gasteiger charge is -2.15. The van der Waals surface area contributed by atoms with Crippen molar-refractivity contribution in [2.45, 2.75) is 32.8 Å². The molecule has 1 atom stereocenters. The molecular weight excluding hydrogens is 336 g/mol. The standard InChI is InChI=1S/C19H22N2O5/c1-3-25-18(23)11-10-17(22)20-21-19(24)13(2)26-16-9-8-14-6-4-5-7-15(14)12-16/h4-9,12-13H,3,10-11H2,1-2H3,(H,20,22)(H,21,24). The molecule has 0 aromatic heterocycles. The number of hydrogen-bond acceptors (Lipinski definition) is 5. The molecule has 7 nitrogen and oxygen atoms in total. The third kappa shape index (κ3) is 5.77. The number of ether oxygens (including phenoxy) is 2. The van der Waals surface area contributed by atoms with Gasteiger partial charge in [-0.25, -0.2) is 0 Å². The fourth-order valence-corrected chi connectivity index (χ4v) is 2.24. The van der Waals surface area contributed by atoms with Gasteiger partial charge in [0.25, 0.3) is 5.91 Å². The van der Waals surface area contributed by atoms with Crippen molar-refractivity contribution in [3.63, 3.8) is 0 Å². The maximum atomic E-state index is 12.0. The van der Waals surface area contributed by atoms with Gasteiger partial charge in [-0.05, 0) is 36.8 Å². The molecule has 0 radical (unpaired) electrons. The number of esters is 1. The highest BCUT2D eigenvalue weighted by Crippen LogP contribution is 2.21. The number of rotatable bonds is 7. The quantitative estimate of drug-likeness (QED) is 0.584. The largest absolute Gasteiger partial charge is 0.481 e. The molecule has 0 saturated carbocycles. The van der Waals surface area contributed by atoms with E-state index in [0.717, 1.165) is 10.8 Å². The van der Waals surface area contributed by atoms with E-state index in [4.69, 9.17) is 9.47 Å². The summed E-state index contributed by atoms with van der Waals surface area (Å²) in [7, 11) is 0. The minimum Gasteiger partial charge on any atom is -0.481 e. The van der Waals surface area contributed by atoms with Gasteiger partial charge in [-0.15, -0.1) is 0 Å². The molecule has 0 aliphatic rings. The number of carbonyl (C=O) groups excluding carboxylic acids is 3. The molecule has 0 aliphatic heterocycles. The van der Waals surface area contributed by atoms with Gasteiger partial charge in [0, 0.05) is 6.42 Å². The Bertz CT molecular complexity index is 790. The fraction of sp³-hybridized carbons (Fsp3) is 0.316. The van der Waals surface area contributed by atoms with Gasteiger partial charge in [0.1, 0.15) is 5.75 Å². The molecule has 0 saturated heterocycles. The number of amides is 2. The highest BCUT2D eigenvalue weighted by Gasteiger charge is 2.16. The highest BCUT2D eigenvalue weighted by atomic mass is 16.5. The van der Waals surface area contributed by atoms with Crippen LogP contribution in [0.3, 0.4) is 0 Å². The molecule has 0 spiro atoms. The molecule has 2 N–H and O–H groups in total. The summed E-state index contributed by atoms with van der Waals surface area (Å²) in [6, 6.07) is 13.4. The van der Waals surface area contributed by atoms with Crippen LogP contribution in [-0.2, 0) is 19.1 Å². The van der Waals surface area contributed by atoms with Crippen molar-refractivity contribution in [2.75, 3.05) is 6.61 Å². The molecule has 7 heteroatoms. The molecule has 0 bridgehead atoms. The topological polar surface area (TPSA) is 93.7 Å². The molecule has 2 aromatic rings. The zero-order valence-corrected chi connectivity index (χ0v) is 14.8. The third-order valence-electron chi connectivity index (χ3n) is 3.59. The predicted molar refractivity (Wildman–Crippen MR) is 96.2 cm³/mol. The van der Waals surface area contributed by atoms with Crippen LogP contribution in [-0.4, -0.2) is 30.5 Å². The molecule has 138 valence electrons. The average molecular weight is 358 g/mol. The van der Waals surface area contributed by atoms with Crippen LogP contribution in [0, 0.1) is 0 Å². The van der Waals surface area contributed by atoms with Crippen LogP contribution in [0.25, 0.3) is 10.8 Å². The van der Waals surface area contributed by atoms with Crippen LogP contribution in [0.15, 0.2) is 42.5 Å². The molecule has 1 unspecified atom stereocenters. The van der Waals surface area contributed by atoms with E-state index in [2.05, 4.69) is 10.9 Å². The van der Waals surface area contributed by atoms with E-state index in [1.807, 2.05) is 36.4 Å². The average Bonchev–Trinajstić information content (AvgIpc) is 2.64. The Morgan fingerprint density at radius 3 is 2.46 bits per heavy atom. The van der Waals surface area contributed by atoms with E-state index in [-0.39, 0.29) is 19.4 Å². The first-order chi connectivity index (χ1) is 12.5. The van der Waals surface area contributed by atoms with Crippen molar-refractivity contribution in [3.05, 3.63) is 42.5 Å². The Morgan fingerprint density at radius 2 is 1.73 bits per heavy atom. The molecule has 2 amide bonds. The molecule has 0 fully saturated rings. The number of nitrogens with one attached hydrogen (secondary N) is 2. The van der Waals surface area contributed by atoms with E-state index in [1.54, 1.807) is 19.9 Å². The maximum Gasteiger partial charge on any atom is 0.306 e. The molecule has 2 rings (SSSR count). The normalized spacial score (nSPS) is 11.5. The van der Waals surface area contributed by atoms with Gasteiger partial charge < -0.3 is 9.47 Å². The van der Waals surface area contributed by atoms with E-state index < -0.39 is 23.9 Å². The second-order valence-electron chi connectivity index (χ2n) is 5.61. The fourth-order valence-electron chi connectivity index (χ4n) is 2.24. The first-order valence-electron chi connectivity index (χ1n) is 8.39. The first-order valence-corrected chi connectivity index (χ1v) is 8.39. The van der Waals surface area contributed by atoms with Gasteiger partial charge in [-0.1, -0.05) is 30.3 Å². The Kier molecular flexibility index (Phi) is 6.96. The van der Waals surface area contributed by atoms with Crippen molar-refractivity contribution >= 4 is 28.6 Å². The summed E-state index contributed by atoms with van der Waals surface area (Å²) in [6.07, 6.45) is -0.918. The van der Waals surface area contributed by atoms with Crippen LogP contribution in [0.5, 0.6) is 5.75 Å². The predicted octanol–water partition coefficient (Wildman–Crippen LogP) is 2.10. The van der Waals surface area contributed by atoms with Crippen LogP contribution >= 0.6 is 0 Å². The van der Waals surface area contributed by atoms with Crippen molar-refractivity contribution in [1.82, 2.24) is 10.9 Å². The molecule has 2 aromatic carbocycles. The van der Waals surface area contributed by atoms with Gasteiger partial charge >= 0.3 is 5.97 Å². The van der Waals surface area contributed by atoms with Crippen molar-refractivity contribution in [3.8, 4) is 5.75 Å². The zero-order chi connectivity index (χ0) is 18.9. The van der Waals surface area contributed by atoms with E-state index >= 15 is 0 Å². The molecular formula is C19H22N2O5. The lowest BCUT2D eigenvalue weighted by Crippen LogP contribution is -2.47. The number of benzene rings is 2. The SMILES string of the molecule is CCOC(=O)CCC(=O)NNC(=O)C(C)Oc1ccc2ccccc2c1. The Morgan fingerprint density at radius 1 is 1.00 bits per heavy atom. The molecule has 0 heterocycles. The van der Waals surface area contributed by atoms with Crippen LogP contribution in [0.1, 0.15) is 26.7 Å². The Hall–Kier alpha value is -3.09. The van der Waals surface area contributed by atoms with Crippen LogP contribution < -0.4 is 15.6 Å². The summed E-state index contributed by atoms with van der Waals surface area (Å²) >= 11 is 0. The Labute approximate surface area is 151 Å². The highest BCUT2D eigenvalue weighted by molar-refractivity contribution is 5.86. The van der Waals surface area contributed by atoms with Crippen molar-refractivity contribution in [2.24, 2.45) is 0 Å². The minimum absolute atomic E-state index is 0.0430. The van der Waals surface area contributed by atoms with Gasteiger partial charge in [0.05, 0.1) is 13.0 Å². The van der Waals surface area contributed by atoms with Crippen molar-refractivity contribution < 1.29 is 23.9 Å². The first kappa shape index (κ1) is 19.2. The van der Waals surface area contributed by atoms with Gasteiger partial charge in [-0.2, -0.15) is 0 Å². The number of fused-ring (bicyclic) bond motifs is 1. The van der Waals surface area contributed by atoms with Crippen molar-refractivity contribution in [1.29, 1.82) is 0 Å². The number of hydrogen-bond donors (Lipinski definition) is 2. The van der Waals surface area contributed by atoms with Crippen LogP contribution in [0.2, 0.25) is 0 Å². The lowest BCUT2D eigenvalue weighted by atomic mass is 10.1. The van der Waals surface area contributed by atoms with E-state index in [0.29, 0.717) is 5.75 Å². The summed E-state index contributed by atoms with van der Waals surface area (Å²) in [6.45, 7) is 3.53. The minimum atomic E-state index is -0.804. The van der Waals surface area contributed by atoms with Gasteiger partial charge in [0.15, 0.2) is 6.10 Å². The Balaban J connectivity index is 1.79. The third-order valence-corrected chi connectivity index (χ3v) is 3.59. The lowest BCUT2D eigenvalue weighted by molar-refractivity contribution is -0.144. The maximum absolute atomic E-state index is 12.0. The summed E-state index contributed by atoms with van der Waals surface area (Å²) in [5.74, 6) is -0.881. The summed E-state index contributed by atoms with van der Waals surface area (Å²) in [5.41, 5.74) is 4.53. The smallest absolute Gasteiger partial charge is 0.306 e. The number of carbonyl (C=O) groups is 3. The van der Waals surface area contributed by atoms with E-state index in [9.17, 15) is 14.4 Å². The summed E-state index contributed by atoms with van der Waals surface area (Å²) in [4.78, 5) is 34.8. The van der Waals surface area contributed by atoms with Gasteiger partial charge in [-0.3, -0.25) is 25.2 Å². The number of hydrazine groups is 1.